The molecule has 2 heteroatoms. The standard InChI is InChI=1S/C4H9NS/c1-3-5-4-6-2/h3H,4H2,1-2H3/b5-3-. The van der Waals surface area contributed by atoms with Crippen LogP contribution in [0.5, 0.6) is 0 Å². The molecular formula is C4H9NS. The van der Waals surface area contributed by atoms with Crippen LogP contribution in [-0.4, -0.2) is 18.3 Å². The topological polar surface area (TPSA) is 12.4 Å². The van der Waals surface area contributed by atoms with Crippen molar-refractivity contribution in [1.29, 1.82) is 0 Å². The van der Waals surface area contributed by atoms with Gasteiger partial charge in [0.1, 0.15) is 0 Å². The maximum Gasteiger partial charge on any atom is 0.0837 e. The van der Waals surface area contributed by atoms with Crippen molar-refractivity contribution in [3.8, 4) is 0 Å². The third kappa shape index (κ3) is 4.02. The predicted molar refractivity (Wildman–Crippen MR) is 32.5 cm³/mol. The van der Waals surface area contributed by atoms with Crippen LogP contribution in [0.3, 0.4) is 0 Å². The lowest BCUT2D eigenvalue weighted by Gasteiger charge is -1.78. The zero-order valence-electron chi connectivity index (χ0n) is 4.14. The summed E-state index contributed by atoms with van der Waals surface area (Å²) in [6.45, 7) is 1.93. The van der Waals surface area contributed by atoms with Crippen molar-refractivity contribution in [2.75, 3.05) is 12.1 Å². The summed E-state index contributed by atoms with van der Waals surface area (Å²) in [6, 6.07) is 0. The van der Waals surface area contributed by atoms with Crippen LogP contribution in [0.2, 0.25) is 0 Å². The predicted octanol–water partition coefficient (Wildman–Crippen LogP) is 1.40. The van der Waals surface area contributed by atoms with E-state index in [1.165, 1.54) is 0 Å². The van der Waals surface area contributed by atoms with Crippen molar-refractivity contribution in [3.63, 3.8) is 0 Å². The molecule has 0 atom stereocenters. The summed E-state index contributed by atoms with van der Waals surface area (Å²) >= 11 is 1.73. The van der Waals surface area contributed by atoms with Crippen molar-refractivity contribution in [1.82, 2.24) is 0 Å². The van der Waals surface area contributed by atoms with Crippen LogP contribution in [0.15, 0.2) is 4.99 Å². The lowest BCUT2D eigenvalue weighted by molar-refractivity contribution is 1.39. The quantitative estimate of drug-likeness (QED) is 0.481. The van der Waals surface area contributed by atoms with Gasteiger partial charge in [-0.2, -0.15) is 0 Å². The molecule has 0 heterocycles. The zero-order valence-corrected chi connectivity index (χ0v) is 4.96. The van der Waals surface area contributed by atoms with Gasteiger partial charge in [0, 0.05) is 0 Å². The van der Waals surface area contributed by atoms with Gasteiger partial charge in [-0.15, -0.1) is 11.8 Å². The van der Waals surface area contributed by atoms with Gasteiger partial charge < -0.3 is 0 Å². The first kappa shape index (κ1) is 6.02. The molecule has 0 aromatic heterocycles. The van der Waals surface area contributed by atoms with E-state index in [-0.39, 0.29) is 0 Å². The fraction of sp³-hybridized carbons (Fsp3) is 0.750. The summed E-state index contributed by atoms with van der Waals surface area (Å²) in [6.07, 6.45) is 3.85. The first-order valence-corrected chi connectivity index (χ1v) is 3.24. The van der Waals surface area contributed by atoms with Gasteiger partial charge in [-0.25, -0.2) is 0 Å². The lowest BCUT2D eigenvalue weighted by Crippen LogP contribution is -1.65. The largest absolute Gasteiger partial charge is 0.287 e. The van der Waals surface area contributed by atoms with E-state index in [4.69, 9.17) is 0 Å². The van der Waals surface area contributed by atoms with Crippen molar-refractivity contribution < 1.29 is 0 Å². The maximum absolute atomic E-state index is 3.93. The third-order valence-corrected chi connectivity index (χ3v) is 0.793. The summed E-state index contributed by atoms with van der Waals surface area (Å²) < 4.78 is 0. The minimum atomic E-state index is 0.899. The fourth-order valence-electron chi connectivity index (χ4n) is 0.149. The average molecular weight is 103 g/mol. The highest BCUT2D eigenvalue weighted by atomic mass is 32.2. The van der Waals surface area contributed by atoms with E-state index < -0.39 is 0 Å². The van der Waals surface area contributed by atoms with Gasteiger partial charge in [-0.05, 0) is 19.4 Å². The Morgan fingerprint density at radius 1 is 1.83 bits per heavy atom. The van der Waals surface area contributed by atoms with E-state index in [0.717, 1.165) is 5.88 Å². The third-order valence-electron chi connectivity index (χ3n) is 0.386. The van der Waals surface area contributed by atoms with Gasteiger partial charge in [-0.1, -0.05) is 0 Å². The van der Waals surface area contributed by atoms with Crippen LogP contribution >= 0.6 is 11.8 Å². The molecule has 0 aliphatic heterocycles. The van der Waals surface area contributed by atoms with Gasteiger partial charge >= 0.3 is 0 Å². The molecular weight excluding hydrogens is 94.1 g/mol. The Morgan fingerprint density at radius 3 is 2.67 bits per heavy atom. The highest BCUT2D eigenvalue weighted by Crippen LogP contribution is 1.87. The average Bonchev–Trinajstić information content (AvgIpc) is 1.61. The Kier molecular flexibility index (Phi) is 5.04. The molecule has 0 rings (SSSR count). The van der Waals surface area contributed by atoms with E-state index in [9.17, 15) is 0 Å². The highest BCUT2D eigenvalue weighted by molar-refractivity contribution is 7.98. The Bertz CT molecular complexity index is 42.8. The van der Waals surface area contributed by atoms with Crippen molar-refractivity contribution in [2.24, 2.45) is 4.99 Å². The molecule has 0 N–H and O–H groups in total. The lowest BCUT2D eigenvalue weighted by atomic mass is 10.9. The fourth-order valence-corrected chi connectivity index (χ4v) is 0.447. The van der Waals surface area contributed by atoms with E-state index in [2.05, 4.69) is 4.99 Å². The first-order valence-electron chi connectivity index (χ1n) is 1.85. The molecule has 0 aromatic carbocycles. The number of aliphatic imine (C=N–C) groups is 1. The van der Waals surface area contributed by atoms with Crippen LogP contribution in [-0.2, 0) is 0 Å². The number of thioether (sulfide) groups is 1. The van der Waals surface area contributed by atoms with Crippen LogP contribution in [0, 0.1) is 0 Å². The molecule has 0 saturated carbocycles. The Morgan fingerprint density at radius 2 is 2.50 bits per heavy atom. The van der Waals surface area contributed by atoms with E-state index in [1.54, 1.807) is 11.8 Å². The molecule has 0 aliphatic rings. The van der Waals surface area contributed by atoms with Crippen LogP contribution in [0.1, 0.15) is 6.92 Å². The molecule has 0 saturated heterocycles. The van der Waals surface area contributed by atoms with Gasteiger partial charge in [-0.3, -0.25) is 4.99 Å². The second kappa shape index (κ2) is 5.02. The van der Waals surface area contributed by atoms with Gasteiger partial charge in [0.05, 0.1) is 5.88 Å². The summed E-state index contributed by atoms with van der Waals surface area (Å²) in [4.78, 5) is 3.93. The van der Waals surface area contributed by atoms with Crippen LogP contribution in [0.25, 0.3) is 0 Å². The monoisotopic (exact) mass is 103 g/mol. The molecule has 36 valence electrons. The van der Waals surface area contributed by atoms with E-state index >= 15 is 0 Å². The van der Waals surface area contributed by atoms with Crippen molar-refractivity contribution in [3.05, 3.63) is 0 Å². The molecule has 0 radical (unpaired) electrons. The molecule has 0 aromatic rings. The minimum Gasteiger partial charge on any atom is -0.287 e. The van der Waals surface area contributed by atoms with Crippen LogP contribution < -0.4 is 0 Å². The smallest absolute Gasteiger partial charge is 0.0837 e. The van der Waals surface area contributed by atoms with Crippen LogP contribution in [0.4, 0.5) is 0 Å². The van der Waals surface area contributed by atoms with E-state index in [0.29, 0.717) is 0 Å². The zero-order chi connectivity index (χ0) is 4.83. The molecule has 0 aliphatic carbocycles. The summed E-state index contributed by atoms with van der Waals surface area (Å²) in [7, 11) is 0. The van der Waals surface area contributed by atoms with Crippen molar-refractivity contribution >= 4 is 18.0 Å². The highest BCUT2D eigenvalue weighted by Gasteiger charge is 1.64. The molecule has 0 amide bonds. The second-order valence-corrected chi connectivity index (χ2v) is 1.69. The van der Waals surface area contributed by atoms with Gasteiger partial charge in [0.15, 0.2) is 0 Å². The molecule has 0 fully saturated rings. The molecule has 0 bridgehead atoms. The van der Waals surface area contributed by atoms with Gasteiger partial charge in [0.25, 0.3) is 0 Å². The summed E-state index contributed by atoms with van der Waals surface area (Å²) in [5, 5.41) is 0. The molecule has 6 heavy (non-hydrogen) atoms. The molecule has 0 unspecified atom stereocenters. The van der Waals surface area contributed by atoms with Gasteiger partial charge in [0.2, 0.25) is 0 Å². The first-order chi connectivity index (χ1) is 2.91. The second-order valence-electron chi connectivity index (χ2n) is 0.859. The Labute approximate surface area is 42.9 Å². The summed E-state index contributed by atoms with van der Waals surface area (Å²) in [5.41, 5.74) is 0. The number of nitrogens with zero attached hydrogens (tertiary/aromatic N) is 1. The molecule has 0 spiro atoms. The van der Waals surface area contributed by atoms with Crippen molar-refractivity contribution in [2.45, 2.75) is 6.92 Å². The molecule has 1 nitrogen and oxygen atoms in total. The normalized spacial score (nSPS) is 10.3. The SMILES string of the molecule is C/C=N\CSC. The maximum atomic E-state index is 3.93. The Hall–Kier alpha value is 0.0200. The Balaban J connectivity index is 2.66. The summed E-state index contributed by atoms with van der Waals surface area (Å²) in [5.74, 6) is 0.899. The number of hydrogen-bond donors (Lipinski definition) is 0. The minimum absolute atomic E-state index is 0.899. The number of rotatable bonds is 2. The van der Waals surface area contributed by atoms with E-state index in [1.807, 2.05) is 19.4 Å². The number of hydrogen-bond acceptors (Lipinski definition) is 2.